The number of amides is 1. The van der Waals surface area contributed by atoms with Crippen molar-refractivity contribution < 1.29 is 9.53 Å². The number of hydrogen-bond donors (Lipinski definition) is 1. The Morgan fingerprint density at radius 2 is 2.10 bits per heavy atom. The summed E-state index contributed by atoms with van der Waals surface area (Å²) in [7, 11) is 0. The number of nitrogens with one attached hydrogen (secondary N) is 1. The van der Waals surface area contributed by atoms with Gasteiger partial charge in [-0.3, -0.25) is 9.59 Å². The van der Waals surface area contributed by atoms with Crippen LogP contribution in [0, 0.1) is 5.92 Å². The Morgan fingerprint density at radius 1 is 1.24 bits per heavy atom. The van der Waals surface area contributed by atoms with Crippen molar-refractivity contribution in [2.75, 3.05) is 11.9 Å². The van der Waals surface area contributed by atoms with Crippen LogP contribution in [0.25, 0.3) is 10.9 Å². The molecule has 7 heteroatoms. The number of aryl methyl sites for hydroxylation is 1. The van der Waals surface area contributed by atoms with E-state index in [9.17, 15) is 9.59 Å². The van der Waals surface area contributed by atoms with Crippen LogP contribution in [0.5, 0.6) is 5.75 Å². The van der Waals surface area contributed by atoms with Crippen LogP contribution in [-0.2, 0) is 24.2 Å². The Balaban J connectivity index is 1.44. The van der Waals surface area contributed by atoms with Crippen LogP contribution in [0.1, 0.15) is 31.4 Å². The first-order valence-electron chi connectivity index (χ1n) is 9.91. The normalized spacial score (nSPS) is 12.8. The molecule has 0 unspecified atom stereocenters. The van der Waals surface area contributed by atoms with Gasteiger partial charge in [0.15, 0.2) is 0 Å². The fourth-order valence-corrected chi connectivity index (χ4v) is 3.50. The summed E-state index contributed by atoms with van der Waals surface area (Å²) in [6.07, 6.45) is 1.94. The number of carbonyl (C=O) groups excluding carboxylic acids is 1. The summed E-state index contributed by atoms with van der Waals surface area (Å²) in [6.45, 7) is 5.26. The van der Waals surface area contributed by atoms with Gasteiger partial charge in [0, 0.05) is 25.1 Å². The van der Waals surface area contributed by atoms with Crippen molar-refractivity contribution in [3.63, 3.8) is 0 Å². The summed E-state index contributed by atoms with van der Waals surface area (Å²) in [5, 5.41) is 11.4. The molecular weight excluding hydrogens is 368 g/mol. The van der Waals surface area contributed by atoms with Gasteiger partial charge >= 0.3 is 0 Å². The minimum atomic E-state index is -0.194. The quantitative estimate of drug-likeness (QED) is 0.697. The van der Waals surface area contributed by atoms with Gasteiger partial charge < -0.3 is 10.1 Å². The summed E-state index contributed by atoms with van der Waals surface area (Å²) in [5.41, 5.74) is 3.24. The van der Waals surface area contributed by atoms with Gasteiger partial charge in [-0.2, -0.15) is 0 Å². The monoisotopic (exact) mass is 392 g/mol. The van der Waals surface area contributed by atoms with Crippen molar-refractivity contribution in [1.29, 1.82) is 0 Å². The number of rotatable bonds is 6. The number of hydrogen-bond acceptors (Lipinski definition) is 5. The molecule has 150 valence electrons. The molecule has 2 aromatic carbocycles. The zero-order valence-corrected chi connectivity index (χ0v) is 16.6. The van der Waals surface area contributed by atoms with Crippen LogP contribution in [0.4, 0.5) is 5.69 Å². The number of carbonyl (C=O) groups is 1. The van der Waals surface area contributed by atoms with E-state index in [0.29, 0.717) is 36.0 Å². The standard InChI is InChI=1S/C22H24N4O3/c1-14(2)13-26-22(28)18-12-17(5-6-19(18)24-25-26)23-21(27)8-4-15-3-7-20-16(11-15)9-10-29-20/h3,5-7,11-12,14H,4,8-10,13H2,1-2H3,(H,23,27). The molecule has 1 aromatic heterocycles. The van der Waals surface area contributed by atoms with E-state index in [4.69, 9.17) is 4.74 Å². The third kappa shape index (κ3) is 4.29. The lowest BCUT2D eigenvalue weighted by molar-refractivity contribution is -0.116. The van der Waals surface area contributed by atoms with E-state index >= 15 is 0 Å². The Kier molecular flexibility index (Phi) is 5.29. The molecule has 1 aliphatic rings. The maximum absolute atomic E-state index is 12.6. The third-order valence-electron chi connectivity index (χ3n) is 4.94. The van der Waals surface area contributed by atoms with E-state index < -0.39 is 0 Å². The fourth-order valence-electron chi connectivity index (χ4n) is 3.50. The molecule has 0 saturated heterocycles. The predicted molar refractivity (Wildman–Crippen MR) is 111 cm³/mol. The van der Waals surface area contributed by atoms with E-state index in [-0.39, 0.29) is 17.4 Å². The first-order chi connectivity index (χ1) is 14.0. The van der Waals surface area contributed by atoms with Gasteiger partial charge in [-0.15, -0.1) is 5.10 Å². The van der Waals surface area contributed by atoms with Gasteiger partial charge in [0.2, 0.25) is 5.91 Å². The lowest BCUT2D eigenvalue weighted by Gasteiger charge is -2.09. The first-order valence-corrected chi connectivity index (χ1v) is 9.91. The average Bonchev–Trinajstić information content (AvgIpc) is 3.16. The molecule has 1 N–H and O–H groups in total. The zero-order chi connectivity index (χ0) is 20.4. The summed E-state index contributed by atoms with van der Waals surface area (Å²) in [6, 6.07) is 11.2. The SMILES string of the molecule is CC(C)Cn1nnc2ccc(NC(=O)CCc3ccc4c(c3)CCO4)cc2c1=O. The smallest absolute Gasteiger partial charge is 0.277 e. The topological polar surface area (TPSA) is 86.1 Å². The number of aromatic nitrogens is 3. The molecule has 3 aromatic rings. The molecule has 1 aliphatic heterocycles. The summed E-state index contributed by atoms with van der Waals surface area (Å²) < 4.78 is 6.89. The zero-order valence-electron chi connectivity index (χ0n) is 16.6. The van der Waals surface area contributed by atoms with E-state index in [1.165, 1.54) is 10.2 Å². The molecule has 0 fully saturated rings. The Labute approximate surface area is 168 Å². The average molecular weight is 392 g/mol. The van der Waals surface area contributed by atoms with Crippen LogP contribution < -0.4 is 15.6 Å². The van der Waals surface area contributed by atoms with E-state index in [1.54, 1.807) is 18.2 Å². The third-order valence-corrected chi connectivity index (χ3v) is 4.94. The highest BCUT2D eigenvalue weighted by Crippen LogP contribution is 2.26. The number of anilines is 1. The van der Waals surface area contributed by atoms with Crippen molar-refractivity contribution in [3.05, 3.63) is 57.9 Å². The summed E-state index contributed by atoms with van der Waals surface area (Å²) >= 11 is 0. The van der Waals surface area contributed by atoms with Gasteiger partial charge in [0.1, 0.15) is 11.3 Å². The van der Waals surface area contributed by atoms with Crippen molar-refractivity contribution >= 4 is 22.5 Å². The molecule has 0 saturated carbocycles. The lowest BCUT2D eigenvalue weighted by atomic mass is 10.0. The second-order valence-corrected chi connectivity index (χ2v) is 7.79. The molecule has 0 radical (unpaired) electrons. The Bertz CT molecular complexity index is 1120. The molecule has 4 rings (SSSR count). The molecule has 0 atom stereocenters. The minimum Gasteiger partial charge on any atom is -0.493 e. The van der Waals surface area contributed by atoms with Crippen LogP contribution in [0.2, 0.25) is 0 Å². The highest BCUT2D eigenvalue weighted by Gasteiger charge is 2.13. The maximum atomic E-state index is 12.6. The van der Waals surface area contributed by atoms with Crippen LogP contribution in [0.3, 0.4) is 0 Å². The van der Waals surface area contributed by atoms with Gasteiger partial charge in [0.05, 0.1) is 12.0 Å². The molecule has 0 spiro atoms. The largest absolute Gasteiger partial charge is 0.493 e. The van der Waals surface area contributed by atoms with Crippen LogP contribution in [-0.4, -0.2) is 27.5 Å². The van der Waals surface area contributed by atoms with Gasteiger partial charge in [-0.05, 0) is 47.7 Å². The van der Waals surface area contributed by atoms with Crippen molar-refractivity contribution in [3.8, 4) is 5.75 Å². The maximum Gasteiger partial charge on any atom is 0.277 e. The molecule has 0 aliphatic carbocycles. The second kappa shape index (κ2) is 8.03. The van der Waals surface area contributed by atoms with Crippen molar-refractivity contribution in [2.45, 2.75) is 39.7 Å². The van der Waals surface area contributed by atoms with E-state index in [2.05, 4.69) is 21.7 Å². The Hall–Kier alpha value is -3.22. The number of ether oxygens (including phenoxy) is 1. The number of fused-ring (bicyclic) bond motifs is 2. The first kappa shape index (κ1) is 19.1. The summed E-state index contributed by atoms with van der Waals surface area (Å²) in [4.78, 5) is 25.0. The second-order valence-electron chi connectivity index (χ2n) is 7.79. The Morgan fingerprint density at radius 3 is 2.93 bits per heavy atom. The van der Waals surface area contributed by atoms with E-state index in [1.807, 2.05) is 26.0 Å². The molecule has 2 heterocycles. The highest BCUT2D eigenvalue weighted by atomic mass is 16.5. The molecule has 7 nitrogen and oxygen atoms in total. The highest BCUT2D eigenvalue weighted by molar-refractivity contribution is 5.93. The van der Waals surface area contributed by atoms with Crippen molar-refractivity contribution in [1.82, 2.24) is 15.0 Å². The fraction of sp³-hybridized carbons (Fsp3) is 0.364. The predicted octanol–water partition coefficient (Wildman–Crippen LogP) is 2.95. The van der Waals surface area contributed by atoms with Gasteiger partial charge in [-0.1, -0.05) is 31.2 Å². The van der Waals surface area contributed by atoms with Crippen molar-refractivity contribution in [2.24, 2.45) is 5.92 Å². The molecule has 29 heavy (non-hydrogen) atoms. The number of nitrogens with zero attached hydrogens (tertiary/aromatic N) is 3. The lowest BCUT2D eigenvalue weighted by Crippen LogP contribution is -2.26. The molecular formula is C22H24N4O3. The van der Waals surface area contributed by atoms with Crippen LogP contribution in [0.15, 0.2) is 41.2 Å². The number of benzene rings is 2. The molecule has 1 amide bonds. The minimum absolute atomic E-state index is 0.0920. The summed E-state index contributed by atoms with van der Waals surface area (Å²) in [5.74, 6) is 1.14. The van der Waals surface area contributed by atoms with E-state index in [0.717, 1.165) is 24.3 Å². The van der Waals surface area contributed by atoms with Gasteiger partial charge in [0.25, 0.3) is 5.56 Å². The van der Waals surface area contributed by atoms with Crippen LogP contribution >= 0.6 is 0 Å². The molecule has 0 bridgehead atoms. The van der Waals surface area contributed by atoms with Gasteiger partial charge in [-0.25, -0.2) is 4.68 Å².